The predicted molar refractivity (Wildman–Crippen MR) is 37.5 cm³/mol. The lowest BCUT2D eigenvalue weighted by atomic mass is 10.2. The molecule has 2 nitrogen and oxygen atoms in total. The molecule has 56 valence electrons. The van der Waals surface area contributed by atoms with Crippen LogP contribution >= 0.6 is 0 Å². The summed E-state index contributed by atoms with van der Waals surface area (Å²) in [5.41, 5.74) is 0.659. The summed E-state index contributed by atoms with van der Waals surface area (Å²) < 4.78 is 17.4. The molecule has 0 aromatic carbocycles. The third kappa shape index (κ3) is 1.35. The van der Waals surface area contributed by atoms with Crippen molar-refractivity contribution in [3.05, 3.63) is 11.5 Å². The Morgan fingerprint density at radius 1 is 1.50 bits per heavy atom. The van der Waals surface area contributed by atoms with Crippen molar-refractivity contribution in [1.29, 1.82) is 0 Å². The van der Waals surface area contributed by atoms with E-state index in [1.165, 1.54) is 0 Å². The topological polar surface area (TPSA) is 21.6 Å². The number of aliphatic imine (C=N–C) groups is 1. The highest BCUT2D eigenvalue weighted by atomic mass is 19.1. The largest absolute Gasteiger partial charge is 0.499 e. The monoisotopic (exact) mass is 143 g/mol. The Morgan fingerprint density at radius 3 is 2.70 bits per heavy atom. The standard InChI is InChI=1S/C7H10FNO/c1-5-6(10-2)3-4-7(8)9-5/h3-4H2,1-2H3. The first-order valence-electron chi connectivity index (χ1n) is 3.21. The van der Waals surface area contributed by atoms with Crippen molar-refractivity contribution >= 4 is 5.97 Å². The Kier molecular flexibility index (Phi) is 2.04. The summed E-state index contributed by atoms with van der Waals surface area (Å²) in [5.74, 6) is 0.500. The van der Waals surface area contributed by atoms with E-state index in [1.54, 1.807) is 14.0 Å². The average Bonchev–Trinajstić information content (AvgIpc) is 1.88. The van der Waals surface area contributed by atoms with E-state index in [1.807, 2.05) is 0 Å². The minimum atomic E-state index is -0.293. The van der Waals surface area contributed by atoms with E-state index in [4.69, 9.17) is 4.74 Å². The highest BCUT2D eigenvalue weighted by Gasteiger charge is 2.11. The molecular weight excluding hydrogens is 133 g/mol. The second-order valence-corrected chi connectivity index (χ2v) is 2.20. The summed E-state index contributed by atoms with van der Waals surface area (Å²) >= 11 is 0. The molecule has 0 aromatic rings. The van der Waals surface area contributed by atoms with Crippen molar-refractivity contribution in [2.24, 2.45) is 4.99 Å². The average molecular weight is 143 g/mol. The number of methoxy groups -OCH3 is 1. The maximum Gasteiger partial charge on any atom is 0.189 e. The Bertz CT molecular complexity index is 196. The van der Waals surface area contributed by atoms with Gasteiger partial charge in [-0.3, -0.25) is 0 Å². The molecule has 0 radical (unpaired) electrons. The van der Waals surface area contributed by atoms with Crippen LogP contribution in [0.2, 0.25) is 0 Å². The number of nitrogens with zero attached hydrogens (tertiary/aromatic N) is 1. The van der Waals surface area contributed by atoms with Crippen LogP contribution in [-0.4, -0.2) is 13.1 Å². The lowest BCUT2D eigenvalue weighted by molar-refractivity contribution is 0.270. The molecule has 0 N–H and O–H groups in total. The Balaban J connectivity index is 2.80. The summed E-state index contributed by atoms with van der Waals surface area (Å²) in [4.78, 5) is 3.64. The highest BCUT2D eigenvalue weighted by Crippen LogP contribution is 2.19. The van der Waals surface area contributed by atoms with Gasteiger partial charge in [0, 0.05) is 12.8 Å². The first-order chi connectivity index (χ1) is 4.74. The number of ether oxygens (including phenoxy) is 1. The van der Waals surface area contributed by atoms with Crippen molar-refractivity contribution in [1.82, 2.24) is 0 Å². The molecule has 0 bridgehead atoms. The third-order valence-corrected chi connectivity index (χ3v) is 1.50. The van der Waals surface area contributed by atoms with Crippen LogP contribution in [0.3, 0.4) is 0 Å². The van der Waals surface area contributed by atoms with Gasteiger partial charge in [-0.15, -0.1) is 0 Å². The number of halogens is 1. The van der Waals surface area contributed by atoms with Crippen LogP contribution in [0.4, 0.5) is 4.39 Å². The third-order valence-electron chi connectivity index (χ3n) is 1.50. The summed E-state index contributed by atoms with van der Waals surface area (Å²) in [7, 11) is 1.58. The molecule has 1 heterocycles. The second kappa shape index (κ2) is 2.82. The SMILES string of the molecule is COC1=C(C)N=C(F)CC1. The molecule has 10 heavy (non-hydrogen) atoms. The fraction of sp³-hybridized carbons (Fsp3) is 0.571. The van der Waals surface area contributed by atoms with Gasteiger partial charge in [0.2, 0.25) is 0 Å². The van der Waals surface area contributed by atoms with Gasteiger partial charge in [-0.1, -0.05) is 0 Å². The van der Waals surface area contributed by atoms with Crippen molar-refractivity contribution in [3.8, 4) is 0 Å². The second-order valence-electron chi connectivity index (χ2n) is 2.20. The van der Waals surface area contributed by atoms with Crippen LogP contribution in [0.1, 0.15) is 19.8 Å². The number of rotatable bonds is 1. The zero-order chi connectivity index (χ0) is 7.56. The Hall–Kier alpha value is -0.860. The number of hydrogen-bond donors (Lipinski definition) is 0. The molecule has 1 aliphatic rings. The van der Waals surface area contributed by atoms with Crippen LogP contribution < -0.4 is 0 Å². The van der Waals surface area contributed by atoms with Gasteiger partial charge in [0.25, 0.3) is 0 Å². The number of allylic oxidation sites excluding steroid dienone is 2. The Labute approximate surface area is 59.4 Å². The molecule has 0 saturated heterocycles. The van der Waals surface area contributed by atoms with Gasteiger partial charge in [-0.05, 0) is 6.92 Å². The molecule has 0 saturated carbocycles. The van der Waals surface area contributed by atoms with Gasteiger partial charge >= 0.3 is 0 Å². The molecule has 0 atom stereocenters. The molecule has 1 aliphatic heterocycles. The van der Waals surface area contributed by atoms with E-state index in [2.05, 4.69) is 4.99 Å². The van der Waals surface area contributed by atoms with Gasteiger partial charge in [-0.25, -0.2) is 4.99 Å². The van der Waals surface area contributed by atoms with Crippen molar-refractivity contribution < 1.29 is 9.13 Å². The fourth-order valence-electron chi connectivity index (χ4n) is 0.948. The van der Waals surface area contributed by atoms with Crippen LogP contribution in [0, 0.1) is 0 Å². The first kappa shape index (κ1) is 7.25. The molecule has 1 rings (SSSR count). The van der Waals surface area contributed by atoms with Crippen molar-refractivity contribution in [2.75, 3.05) is 7.11 Å². The minimum absolute atomic E-state index is 0.293. The van der Waals surface area contributed by atoms with Gasteiger partial charge < -0.3 is 4.74 Å². The summed E-state index contributed by atoms with van der Waals surface area (Å²) in [6, 6.07) is 0. The van der Waals surface area contributed by atoms with Crippen molar-refractivity contribution in [2.45, 2.75) is 19.8 Å². The normalized spacial score (nSPS) is 18.9. The first-order valence-corrected chi connectivity index (χ1v) is 3.21. The predicted octanol–water partition coefficient (Wildman–Crippen LogP) is 2.03. The molecular formula is C7H10FNO. The van der Waals surface area contributed by atoms with E-state index in [9.17, 15) is 4.39 Å². The minimum Gasteiger partial charge on any atom is -0.499 e. The fourth-order valence-corrected chi connectivity index (χ4v) is 0.948. The van der Waals surface area contributed by atoms with Gasteiger partial charge in [0.05, 0.1) is 12.8 Å². The summed E-state index contributed by atoms with van der Waals surface area (Å²) in [6.45, 7) is 1.75. The lowest BCUT2D eigenvalue weighted by Crippen LogP contribution is -2.02. The van der Waals surface area contributed by atoms with Crippen molar-refractivity contribution in [3.63, 3.8) is 0 Å². The van der Waals surface area contributed by atoms with Crippen LogP contribution in [0.15, 0.2) is 16.4 Å². The molecule has 0 fully saturated rings. The van der Waals surface area contributed by atoms with Crippen LogP contribution in [0.5, 0.6) is 0 Å². The van der Waals surface area contributed by atoms with Crippen LogP contribution in [0.25, 0.3) is 0 Å². The van der Waals surface area contributed by atoms with Gasteiger partial charge in [-0.2, -0.15) is 4.39 Å². The summed E-state index contributed by atoms with van der Waals surface area (Å²) in [6.07, 6.45) is 1.01. The van der Waals surface area contributed by atoms with Gasteiger partial charge in [0.1, 0.15) is 5.76 Å². The quantitative estimate of drug-likeness (QED) is 0.550. The molecule has 3 heteroatoms. The summed E-state index contributed by atoms with van der Waals surface area (Å²) in [5, 5.41) is 0. The molecule has 0 amide bonds. The van der Waals surface area contributed by atoms with E-state index >= 15 is 0 Å². The maximum absolute atomic E-state index is 12.4. The Morgan fingerprint density at radius 2 is 2.20 bits per heavy atom. The van der Waals surface area contributed by atoms with E-state index in [0.29, 0.717) is 18.5 Å². The molecule has 0 unspecified atom stereocenters. The smallest absolute Gasteiger partial charge is 0.189 e. The molecule has 0 spiro atoms. The zero-order valence-corrected chi connectivity index (χ0v) is 6.15. The van der Waals surface area contributed by atoms with Gasteiger partial charge in [0.15, 0.2) is 5.97 Å². The van der Waals surface area contributed by atoms with Crippen LogP contribution in [-0.2, 0) is 4.74 Å². The molecule has 0 aromatic heterocycles. The maximum atomic E-state index is 12.4. The van der Waals surface area contributed by atoms with E-state index in [-0.39, 0.29) is 5.97 Å². The number of hydrogen-bond acceptors (Lipinski definition) is 2. The van der Waals surface area contributed by atoms with E-state index < -0.39 is 0 Å². The lowest BCUT2D eigenvalue weighted by Gasteiger charge is -2.11. The highest BCUT2D eigenvalue weighted by molar-refractivity contribution is 5.77. The van der Waals surface area contributed by atoms with E-state index in [0.717, 1.165) is 5.76 Å². The molecule has 0 aliphatic carbocycles. The zero-order valence-electron chi connectivity index (χ0n) is 6.15.